The molecular formula is C17H25BrFN. The Kier molecular flexibility index (Phi) is 6.50. The lowest BCUT2D eigenvalue weighted by atomic mass is 9.87. The van der Waals surface area contributed by atoms with Crippen LogP contribution in [0.2, 0.25) is 0 Å². The predicted molar refractivity (Wildman–Crippen MR) is 86.3 cm³/mol. The second kappa shape index (κ2) is 8.14. The van der Waals surface area contributed by atoms with E-state index in [1.54, 1.807) is 12.1 Å². The Morgan fingerprint density at radius 1 is 1.25 bits per heavy atom. The summed E-state index contributed by atoms with van der Waals surface area (Å²) in [6.45, 7) is 3.11. The normalized spacial score (nSPS) is 18.8. The zero-order valence-corrected chi connectivity index (χ0v) is 13.9. The van der Waals surface area contributed by atoms with Gasteiger partial charge in [-0.25, -0.2) is 4.39 Å². The van der Waals surface area contributed by atoms with Gasteiger partial charge in [-0.3, -0.25) is 0 Å². The van der Waals surface area contributed by atoms with Crippen LogP contribution in [0.1, 0.15) is 63.5 Å². The van der Waals surface area contributed by atoms with E-state index in [0.29, 0.717) is 5.92 Å². The summed E-state index contributed by atoms with van der Waals surface area (Å²) in [6.07, 6.45) is 8.74. The lowest BCUT2D eigenvalue weighted by Crippen LogP contribution is -2.29. The minimum absolute atomic E-state index is 0.0777. The third-order valence-electron chi connectivity index (χ3n) is 4.28. The molecule has 1 nitrogen and oxygen atoms in total. The van der Waals surface area contributed by atoms with Gasteiger partial charge in [0.25, 0.3) is 0 Å². The first kappa shape index (κ1) is 16.0. The van der Waals surface area contributed by atoms with Crippen molar-refractivity contribution < 1.29 is 4.39 Å². The van der Waals surface area contributed by atoms with Gasteiger partial charge < -0.3 is 5.32 Å². The second-order valence-corrected chi connectivity index (χ2v) is 6.76. The van der Waals surface area contributed by atoms with Gasteiger partial charge in [-0.15, -0.1) is 0 Å². The van der Waals surface area contributed by atoms with Crippen LogP contribution < -0.4 is 5.32 Å². The monoisotopic (exact) mass is 341 g/mol. The molecule has 0 radical (unpaired) electrons. The van der Waals surface area contributed by atoms with E-state index in [0.717, 1.165) is 23.0 Å². The van der Waals surface area contributed by atoms with E-state index in [4.69, 9.17) is 0 Å². The molecule has 0 aromatic heterocycles. The minimum atomic E-state index is -0.0777. The molecule has 112 valence electrons. The molecule has 0 heterocycles. The average molecular weight is 342 g/mol. The largest absolute Gasteiger partial charge is 0.310 e. The van der Waals surface area contributed by atoms with Crippen molar-refractivity contribution in [1.29, 1.82) is 0 Å². The van der Waals surface area contributed by atoms with Crippen molar-refractivity contribution in [2.24, 2.45) is 5.92 Å². The lowest BCUT2D eigenvalue weighted by Gasteiger charge is -2.28. The molecule has 3 heteroatoms. The van der Waals surface area contributed by atoms with Crippen LogP contribution in [-0.4, -0.2) is 6.54 Å². The topological polar surface area (TPSA) is 12.0 Å². The van der Waals surface area contributed by atoms with Crippen LogP contribution in [0.25, 0.3) is 0 Å². The summed E-state index contributed by atoms with van der Waals surface area (Å²) in [5.41, 5.74) is 0.833. The standard InChI is InChI=1S/C17H25BrFN/c1-2-11-20-17(13-7-5-3-4-6-8-13)15-12-14(18)9-10-16(15)19/h9-10,12-13,17,20H,2-8,11H2,1H3. The van der Waals surface area contributed by atoms with Crippen LogP contribution in [0.3, 0.4) is 0 Å². The first-order valence-corrected chi connectivity index (χ1v) is 8.70. The van der Waals surface area contributed by atoms with Crippen molar-refractivity contribution in [2.45, 2.75) is 57.9 Å². The van der Waals surface area contributed by atoms with Crippen LogP contribution in [0.15, 0.2) is 22.7 Å². The first-order chi connectivity index (χ1) is 9.72. The Morgan fingerprint density at radius 2 is 1.95 bits per heavy atom. The van der Waals surface area contributed by atoms with E-state index in [-0.39, 0.29) is 11.9 Å². The number of hydrogen-bond donors (Lipinski definition) is 1. The molecule has 1 aliphatic carbocycles. The Morgan fingerprint density at radius 3 is 2.60 bits per heavy atom. The fraction of sp³-hybridized carbons (Fsp3) is 0.647. The number of nitrogens with one attached hydrogen (secondary N) is 1. The molecule has 1 unspecified atom stereocenters. The van der Waals surface area contributed by atoms with Gasteiger partial charge in [0.15, 0.2) is 0 Å². The van der Waals surface area contributed by atoms with Gasteiger partial charge in [0.2, 0.25) is 0 Å². The Balaban J connectivity index is 2.22. The average Bonchev–Trinajstić information content (AvgIpc) is 2.72. The molecule has 1 atom stereocenters. The van der Waals surface area contributed by atoms with Crippen LogP contribution >= 0.6 is 15.9 Å². The third-order valence-corrected chi connectivity index (χ3v) is 4.77. The van der Waals surface area contributed by atoms with Gasteiger partial charge in [-0.1, -0.05) is 48.5 Å². The van der Waals surface area contributed by atoms with E-state index in [1.165, 1.54) is 38.5 Å². The highest BCUT2D eigenvalue weighted by atomic mass is 79.9. The molecule has 2 rings (SSSR count). The van der Waals surface area contributed by atoms with Gasteiger partial charge in [0, 0.05) is 16.1 Å². The van der Waals surface area contributed by atoms with Crippen molar-refractivity contribution in [3.05, 3.63) is 34.1 Å². The first-order valence-electron chi connectivity index (χ1n) is 7.90. The Labute approximate surface area is 130 Å². The van der Waals surface area contributed by atoms with E-state index in [1.807, 2.05) is 6.07 Å². The second-order valence-electron chi connectivity index (χ2n) is 5.85. The molecule has 1 fully saturated rings. The molecule has 0 bridgehead atoms. The summed E-state index contributed by atoms with van der Waals surface area (Å²) in [7, 11) is 0. The van der Waals surface area contributed by atoms with Crippen molar-refractivity contribution in [3.63, 3.8) is 0 Å². The summed E-state index contributed by atoms with van der Waals surface area (Å²) in [5.74, 6) is 0.485. The van der Waals surface area contributed by atoms with Crippen LogP contribution in [0.4, 0.5) is 4.39 Å². The van der Waals surface area contributed by atoms with Crippen LogP contribution in [0.5, 0.6) is 0 Å². The summed E-state index contributed by atoms with van der Waals surface area (Å²) < 4.78 is 15.2. The maximum absolute atomic E-state index is 14.2. The smallest absolute Gasteiger partial charge is 0.128 e. The van der Waals surface area contributed by atoms with E-state index >= 15 is 0 Å². The molecule has 1 saturated carbocycles. The van der Waals surface area contributed by atoms with Gasteiger partial charge in [0.1, 0.15) is 5.82 Å². The molecule has 0 spiro atoms. The van der Waals surface area contributed by atoms with Crippen molar-refractivity contribution in [2.75, 3.05) is 6.54 Å². The SMILES string of the molecule is CCCNC(c1cc(Br)ccc1F)C1CCCCCC1. The summed E-state index contributed by atoms with van der Waals surface area (Å²) in [5, 5.41) is 3.59. The van der Waals surface area contributed by atoms with Crippen molar-refractivity contribution >= 4 is 15.9 Å². The van der Waals surface area contributed by atoms with Crippen LogP contribution in [-0.2, 0) is 0 Å². The highest BCUT2D eigenvalue weighted by Gasteiger charge is 2.26. The molecule has 1 aliphatic rings. The predicted octanol–water partition coefficient (Wildman–Crippen LogP) is 5.60. The number of halogens is 2. The van der Waals surface area contributed by atoms with Crippen LogP contribution in [0, 0.1) is 11.7 Å². The van der Waals surface area contributed by atoms with E-state index < -0.39 is 0 Å². The summed E-state index contributed by atoms with van der Waals surface area (Å²) in [6, 6.07) is 5.47. The third kappa shape index (κ3) is 4.29. The molecule has 1 aromatic rings. The number of rotatable bonds is 5. The zero-order valence-electron chi connectivity index (χ0n) is 12.3. The minimum Gasteiger partial charge on any atom is -0.310 e. The fourth-order valence-corrected chi connectivity index (χ4v) is 3.61. The molecule has 20 heavy (non-hydrogen) atoms. The van der Waals surface area contributed by atoms with E-state index in [2.05, 4.69) is 28.2 Å². The molecular weight excluding hydrogens is 317 g/mol. The highest BCUT2D eigenvalue weighted by Crippen LogP contribution is 2.35. The maximum Gasteiger partial charge on any atom is 0.128 e. The maximum atomic E-state index is 14.2. The number of benzene rings is 1. The van der Waals surface area contributed by atoms with Gasteiger partial charge in [0.05, 0.1) is 0 Å². The van der Waals surface area contributed by atoms with Gasteiger partial charge in [-0.2, -0.15) is 0 Å². The van der Waals surface area contributed by atoms with Gasteiger partial charge in [-0.05, 0) is 49.9 Å². The fourth-order valence-electron chi connectivity index (χ4n) is 3.23. The van der Waals surface area contributed by atoms with Crippen molar-refractivity contribution in [1.82, 2.24) is 5.32 Å². The zero-order chi connectivity index (χ0) is 14.4. The molecule has 1 aromatic carbocycles. The lowest BCUT2D eigenvalue weighted by molar-refractivity contribution is 0.318. The highest BCUT2D eigenvalue weighted by molar-refractivity contribution is 9.10. The molecule has 0 amide bonds. The van der Waals surface area contributed by atoms with Crippen molar-refractivity contribution in [3.8, 4) is 0 Å². The Bertz CT molecular complexity index is 413. The summed E-state index contributed by atoms with van der Waals surface area (Å²) in [4.78, 5) is 0. The number of hydrogen-bond acceptors (Lipinski definition) is 1. The Hall–Kier alpha value is -0.410. The summed E-state index contributed by atoms with van der Waals surface area (Å²) >= 11 is 3.48. The quantitative estimate of drug-likeness (QED) is 0.687. The molecule has 0 aliphatic heterocycles. The van der Waals surface area contributed by atoms with Gasteiger partial charge >= 0.3 is 0 Å². The van der Waals surface area contributed by atoms with E-state index in [9.17, 15) is 4.39 Å². The molecule has 1 N–H and O–H groups in total. The molecule has 0 saturated heterocycles.